The number of aliphatic hydroxyl groups excluding tert-OH is 1. The van der Waals surface area contributed by atoms with Crippen LogP contribution in [-0.4, -0.2) is 27.7 Å². The van der Waals surface area contributed by atoms with Crippen LogP contribution >= 0.6 is 11.6 Å². The number of aromatic amines is 1. The van der Waals surface area contributed by atoms with E-state index in [-0.39, 0.29) is 6.10 Å². The lowest BCUT2D eigenvalue weighted by atomic mass is 10.1. The normalized spacial score (nSPS) is 23.1. The van der Waals surface area contributed by atoms with Crippen LogP contribution in [0.4, 0.5) is 0 Å². The first kappa shape index (κ1) is 14.8. The molecule has 1 aromatic rings. The van der Waals surface area contributed by atoms with Crippen LogP contribution in [0.25, 0.3) is 0 Å². The van der Waals surface area contributed by atoms with E-state index in [9.17, 15) is 5.11 Å². The van der Waals surface area contributed by atoms with Gasteiger partial charge in [-0.2, -0.15) is 0 Å². The summed E-state index contributed by atoms with van der Waals surface area (Å²) in [7, 11) is 0. The maximum absolute atomic E-state index is 9.48. The molecule has 2 rings (SSSR count). The third-order valence-electron chi connectivity index (χ3n) is 3.79. The molecule has 1 aromatic heterocycles. The molecule has 2 unspecified atom stereocenters. The highest BCUT2D eigenvalue weighted by Gasteiger charge is 2.22. The predicted octanol–water partition coefficient (Wildman–Crippen LogP) is 2.66. The maximum atomic E-state index is 9.48. The minimum absolute atomic E-state index is 0.0943. The number of hydrogen-bond acceptors (Lipinski definition) is 3. The number of halogens is 1. The second-order valence-corrected chi connectivity index (χ2v) is 5.88. The molecule has 3 N–H and O–H groups in total. The zero-order chi connectivity index (χ0) is 13.7. The summed E-state index contributed by atoms with van der Waals surface area (Å²) in [5.74, 6) is 1.58. The molecule has 0 spiro atoms. The monoisotopic (exact) mass is 285 g/mol. The Morgan fingerprint density at radius 1 is 1.47 bits per heavy atom. The molecule has 5 heteroatoms. The molecule has 19 heavy (non-hydrogen) atoms. The van der Waals surface area contributed by atoms with Gasteiger partial charge >= 0.3 is 0 Å². The molecule has 1 fully saturated rings. The van der Waals surface area contributed by atoms with Gasteiger partial charge in [0.05, 0.1) is 11.8 Å². The summed E-state index contributed by atoms with van der Waals surface area (Å²) < 4.78 is 0. The predicted molar refractivity (Wildman–Crippen MR) is 77.3 cm³/mol. The van der Waals surface area contributed by atoms with Crippen LogP contribution in [0.3, 0.4) is 0 Å². The number of H-pyrrole nitrogens is 1. The van der Waals surface area contributed by atoms with Crippen molar-refractivity contribution in [2.75, 3.05) is 6.54 Å². The van der Waals surface area contributed by atoms with Crippen LogP contribution in [0.2, 0.25) is 5.15 Å². The van der Waals surface area contributed by atoms with E-state index < -0.39 is 0 Å². The molecule has 0 radical (unpaired) electrons. The quantitative estimate of drug-likeness (QED) is 0.722. The third-order valence-corrected chi connectivity index (χ3v) is 4.11. The first-order chi connectivity index (χ1) is 9.19. The number of nitrogens with one attached hydrogen (secondary N) is 2. The summed E-state index contributed by atoms with van der Waals surface area (Å²) in [6, 6.07) is 0. The summed E-state index contributed by atoms with van der Waals surface area (Å²) in [6.45, 7) is 3.84. The molecular weight excluding hydrogens is 262 g/mol. The fourth-order valence-corrected chi connectivity index (χ4v) is 2.87. The van der Waals surface area contributed by atoms with Gasteiger partial charge < -0.3 is 15.4 Å². The molecule has 1 saturated carbocycles. The molecule has 0 amide bonds. The van der Waals surface area contributed by atoms with Crippen molar-refractivity contribution < 1.29 is 5.11 Å². The average Bonchev–Trinajstić information content (AvgIpc) is 2.94. The van der Waals surface area contributed by atoms with Gasteiger partial charge in [0.15, 0.2) is 5.15 Å². The van der Waals surface area contributed by atoms with Gasteiger partial charge in [-0.15, -0.1) is 0 Å². The van der Waals surface area contributed by atoms with Gasteiger partial charge in [0.25, 0.3) is 0 Å². The molecule has 1 aliphatic carbocycles. The lowest BCUT2D eigenvalue weighted by Crippen LogP contribution is -2.21. The van der Waals surface area contributed by atoms with E-state index in [1.165, 1.54) is 0 Å². The molecule has 4 nitrogen and oxygen atoms in total. The van der Waals surface area contributed by atoms with Crippen LogP contribution in [0.1, 0.15) is 50.5 Å². The van der Waals surface area contributed by atoms with Crippen molar-refractivity contribution in [3.63, 3.8) is 0 Å². The van der Waals surface area contributed by atoms with E-state index in [2.05, 4.69) is 22.2 Å². The van der Waals surface area contributed by atoms with Gasteiger partial charge in [0, 0.05) is 13.0 Å². The van der Waals surface area contributed by atoms with Crippen molar-refractivity contribution in [2.24, 2.45) is 5.92 Å². The smallest absolute Gasteiger partial charge is 0.151 e. The third kappa shape index (κ3) is 4.48. The highest BCUT2D eigenvalue weighted by Crippen LogP contribution is 2.24. The SMILES string of the molecule is CCCCc1nc(Cl)c(CNCC2CCC(O)C2)[nH]1. The molecule has 0 saturated heterocycles. The van der Waals surface area contributed by atoms with Crippen molar-refractivity contribution in [3.8, 4) is 0 Å². The second-order valence-electron chi connectivity index (χ2n) is 5.52. The van der Waals surface area contributed by atoms with Crippen molar-refractivity contribution >= 4 is 11.6 Å². The minimum Gasteiger partial charge on any atom is -0.393 e. The Labute approximate surface area is 120 Å². The van der Waals surface area contributed by atoms with Gasteiger partial charge in [-0.05, 0) is 38.1 Å². The summed E-state index contributed by atoms with van der Waals surface area (Å²) in [4.78, 5) is 7.64. The fraction of sp³-hybridized carbons (Fsp3) is 0.786. The summed E-state index contributed by atoms with van der Waals surface area (Å²) in [5, 5.41) is 13.5. The Bertz CT molecular complexity index is 394. The highest BCUT2D eigenvalue weighted by molar-refractivity contribution is 6.30. The molecule has 1 aliphatic rings. The van der Waals surface area contributed by atoms with Crippen LogP contribution < -0.4 is 5.32 Å². The Kier molecular flexibility index (Phi) is 5.67. The van der Waals surface area contributed by atoms with Gasteiger partial charge in [-0.3, -0.25) is 0 Å². The van der Waals surface area contributed by atoms with Crippen LogP contribution in [0.5, 0.6) is 0 Å². The second kappa shape index (κ2) is 7.27. The van der Waals surface area contributed by atoms with Crippen molar-refractivity contribution in [3.05, 3.63) is 16.7 Å². The first-order valence-electron chi connectivity index (χ1n) is 7.31. The van der Waals surface area contributed by atoms with Crippen molar-refractivity contribution in [1.29, 1.82) is 0 Å². The van der Waals surface area contributed by atoms with Crippen molar-refractivity contribution in [1.82, 2.24) is 15.3 Å². The molecule has 0 aromatic carbocycles. The number of hydrogen-bond donors (Lipinski definition) is 3. The average molecular weight is 286 g/mol. The van der Waals surface area contributed by atoms with Crippen LogP contribution in [-0.2, 0) is 13.0 Å². The number of nitrogens with zero attached hydrogens (tertiary/aromatic N) is 1. The van der Waals surface area contributed by atoms with Gasteiger partial charge in [-0.25, -0.2) is 4.98 Å². The van der Waals surface area contributed by atoms with E-state index in [0.717, 1.165) is 63.1 Å². The first-order valence-corrected chi connectivity index (χ1v) is 7.68. The molecule has 108 valence electrons. The summed E-state index contributed by atoms with van der Waals surface area (Å²) in [6.07, 6.45) is 6.15. The number of aromatic nitrogens is 2. The van der Waals surface area contributed by atoms with Crippen LogP contribution in [0.15, 0.2) is 0 Å². The largest absolute Gasteiger partial charge is 0.393 e. The standard InChI is InChI=1S/C14H24ClN3O/c1-2-3-4-13-17-12(14(15)18-13)9-16-8-10-5-6-11(19)7-10/h10-11,16,19H,2-9H2,1H3,(H,17,18). The molecular formula is C14H24ClN3O. The van der Waals surface area contributed by atoms with E-state index >= 15 is 0 Å². The number of rotatable bonds is 7. The molecule has 1 heterocycles. The summed E-state index contributed by atoms with van der Waals surface area (Å²) in [5.41, 5.74) is 0.978. The Hall–Kier alpha value is -0.580. The van der Waals surface area contributed by atoms with E-state index in [1.54, 1.807) is 0 Å². The van der Waals surface area contributed by atoms with Gasteiger partial charge in [-0.1, -0.05) is 24.9 Å². The lowest BCUT2D eigenvalue weighted by molar-refractivity contribution is 0.177. The van der Waals surface area contributed by atoms with Gasteiger partial charge in [0.2, 0.25) is 0 Å². The van der Waals surface area contributed by atoms with Crippen LogP contribution in [0, 0.1) is 5.92 Å². The Morgan fingerprint density at radius 3 is 3.00 bits per heavy atom. The van der Waals surface area contributed by atoms with E-state index in [0.29, 0.717) is 11.1 Å². The summed E-state index contributed by atoms with van der Waals surface area (Å²) >= 11 is 6.12. The zero-order valence-electron chi connectivity index (χ0n) is 11.6. The fourth-order valence-electron chi connectivity index (χ4n) is 2.65. The number of imidazole rings is 1. The topological polar surface area (TPSA) is 60.9 Å². The maximum Gasteiger partial charge on any atom is 0.151 e. The van der Waals surface area contributed by atoms with E-state index in [4.69, 9.17) is 11.6 Å². The van der Waals surface area contributed by atoms with E-state index in [1.807, 2.05) is 0 Å². The number of aryl methyl sites for hydroxylation is 1. The number of unbranched alkanes of at least 4 members (excludes halogenated alkanes) is 1. The molecule has 2 atom stereocenters. The molecule has 0 bridgehead atoms. The lowest BCUT2D eigenvalue weighted by Gasteiger charge is -2.10. The minimum atomic E-state index is -0.0943. The Balaban J connectivity index is 1.74. The number of aliphatic hydroxyl groups is 1. The Morgan fingerprint density at radius 2 is 2.32 bits per heavy atom. The highest BCUT2D eigenvalue weighted by atomic mass is 35.5. The zero-order valence-corrected chi connectivity index (χ0v) is 12.3. The molecule has 0 aliphatic heterocycles. The van der Waals surface area contributed by atoms with Crippen molar-refractivity contribution in [2.45, 2.75) is 58.1 Å². The van der Waals surface area contributed by atoms with Gasteiger partial charge in [0.1, 0.15) is 5.82 Å².